The normalized spacial score (nSPS) is 11.7. The van der Waals surface area contributed by atoms with Gasteiger partial charge < -0.3 is 30.5 Å². The smallest absolute Gasteiger partial charge is 0.421 e. The molecular weight excluding hydrogens is 490 g/mol. The van der Waals surface area contributed by atoms with E-state index in [9.17, 15) is 32.3 Å². The van der Waals surface area contributed by atoms with Gasteiger partial charge in [-0.3, -0.25) is 9.36 Å². The van der Waals surface area contributed by atoms with Crippen LogP contribution < -0.4 is 26.0 Å². The second kappa shape index (κ2) is 9.90. The summed E-state index contributed by atoms with van der Waals surface area (Å²) < 4.78 is 58.2. The fraction of sp³-hybridized carbons (Fsp3) is 0.190. The summed E-state index contributed by atoms with van der Waals surface area (Å²) >= 11 is 0. The zero-order valence-corrected chi connectivity index (χ0v) is 19.5. The van der Waals surface area contributed by atoms with Gasteiger partial charge in [0.05, 0.1) is 24.0 Å². The average Bonchev–Trinajstić information content (AvgIpc) is 2.77. The summed E-state index contributed by atoms with van der Waals surface area (Å²) in [5.74, 6) is -1.72. The number of hydrogen-bond donors (Lipinski definition) is 5. The summed E-state index contributed by atoms with van der Waals surface area (Å²) in [5, 5.41) is 6.98. The molecule has 0 unspecified atom stereocenters. The number of nitrogens with zero attached hydrogens (tertiary/aromatic N) is 2. The molecule has 0 bridgehead atoms. The molecule has 3 rings (SSSR count). The number of alkyl halides is 3. The second-order valence-corrected chi connectivity index (χ2v) is 8.77. The van der Waals surface area contributed by atoms with E-state index in [1.165, 1.54) is 44.5 Å². The molecule has 0 aliphatic heterocycles. The summed E-state index contributed by atoms with van der Waals surface area (Å²) in [7, 11) is -2.28. The first-order chi connectivity index (χ1) is 16.3. The van der Waals surface area contributed by atoms with Crippen molar-refractivity contribution in [2.45, 2.75) is 13.1 Å². The molecular formula is C21H21F3N5O5P. The van der Waals surface area contributed by atoms with Crippen LogP contribution in [0.4, 0.5) is 36.3 Å². The van der Waals surface area contributed by atoms with Crippen LogP contribution in [0.3, 0.4) is 0 Å². The summed E-state index contributed by atoms with van der Waals surface area (Å²) in [6, 6.07) is 8.65. The third kappa shape index (κ3) is 5.88. The number of aromatic nitrogens is 2. The molecule has 0 aliphatic carbocycles. The monoisotopic (exact) mass is 511 g/mol. The van der Waals surface area contributed by atoms with Gasteiger partial charge in [-0.2, -0.15) is 18.2 Å². The molecule has 0 radical (unpaired) electrons. The molecule has 0 spiro atoms. The largest absolute Gasteiger partial charge is 0.496 e. The average molecular weight is 511 g/mol. The molecule has 0 atom stereocenters. The number of rotatable bonds is 7. The van der Waals surface area contributed by atoms with Crippen LogP contribution in [0.5, 0.6) is 5.75 Å². The maximum atomic E-state index is 13.7. The van der Waals surface area contributed by atoms with E-state index >= 15 is 0 Å². The lowest BCUT2D eigenvalue weighted by molar-refractivity contribution is -0.137. The van der Waals surface area contributed by atoms with Crippen LogP contribution in [0.25, 0.3) is 0 Å². The summed E-state index contributed by atoms with van der Waals surface area (Å²) in [6.45, 7) is 1.63. The highest BCUT2D eigenvalue weighted by Crippen LogP contribution is 2.42. The first kappa shape index (κ1) is 25.9. The van der Waals surface area contributed by atoms with Crippen molar-refractivity contribution in [3.05, 3.63) is 59.3 Å². The standard InChI is InChI=1S/C21H21F3N5O5P/c1-11-8-15(17(35(31,32)33)16(9-11)34-3)28-20-26-10-13(21(22,23)24)18(29-20)27-14-7-5-4-6-12(14)19(30)25-2/h4-10H,1-3H3,(H,25,30)(H2,31,32,33)(H2,26,27,28,29). The predicted octanol–water partition coefficient (Wildman–Crippen LogP) is 3.46. The van der Waals surface area contributed by atoms with Gasteiger partial charge in [-0.05, 0) is 36.8 Å². The number of benzene rings is 2. The van der Waals surface area contributed by atoms with E-state index in [1.807, 2.05) is 0 Å². The van der Waals surface area contributed by atoms with Crippen LogP contribution in [-0.4, -0.2) is 39.8 Å². The van der Waals surface area contributed by atoms with Crippen LogP contribution in [0.1, 0.15) is 21.5 Å². The number of anilines is 4. The molecule has 186 valence electrons. The van der Waals surface area contributed by atoms with Gasteiger partial charge in [-0.25, -0.2) is 4.98 Å². The van der Waals surface area contributed by atoms with Crippen LogP contribution in [0.2, 0.25) is 0 Å². The molecule has 10 nitrogen and oxygen atoms in total. The van der Waals surface area contributed by atoms with Crippen molar-refractivity contribution in [1.29, 1.82) is 0 Å². The Kier molecular flexibility index (Phi) is 7.34. The minimum Gasteiger partial charge on any atom is -0.496 e. The highest BCUT2D eigenvalue weighted by atomic mass is 31.2. The highest BCUT2D eigenvalue weighted by molar-refractivity contribution is 7.61. The van der Waals surface area contributed by atoms with E-state index in [-0.39, 0.29) is 28.6 Å². The quantitative estimate of drug-likeness (QED) is 0.301. The lowest BCUT2D eigenvalue weighted by atomic mass is 10.1. The first-order valence-electron chi connectivity index (χ1n) is 9.89. The highest BCUT2D eigenvalue weighted by Gasteiger charge is 2.36. The Balaban J connectivity index is 2.12. The van der Waals surface area contributed by atoms with Gasteiger partial charge in [0.15, 0.2) is 0 Å². The van der Waals surface area contributed by atoms with E-state index in [1.54, 1.807) is 13.0 Å². The van der Waals surface area contributed by atoms with E-state index in [0.29, 0.717) is 11.8 Å². The summed E-state index contributed by atoms with van der Waals surface area (Å²) in [4.78, 5) is 39.3. The van der Waals surface area contributed by atoms with Crippen molar-refractivity contribution in [2.75, 3.05) is 24.8 Å². The Morgan fingerprint density at radius 2 is 1.80 bits per heavy atom. The number of ether oxygens (including phenoxy) is 1. The minimum atomic E-state index is -4.87. The number of nitrogens with one attached hydrogen (secondary N) is 3. The van der Waals surface area contributed by atoms with E-state index in [4.69, 9.17) is 4.74 Å². The zero-order valence-electron chi connectivity index (χ0n) is 18.6. The van der Waals surface area contributed by atoms with Crippen molar-refractivity contribution < 1.29 is 37.1 Å². The van der Waals surface area contributed by atoms with Crippen molar-refractivity contribution in [3.63, 3.8) is 0 Å². The van der Waals surface area contributed by atoms with Gasteiger partial charge in [-0.15, -0.1) is 0 Å². The van der Waals surface area contributed by atoms with Gasteiger partial charge in [0, 0.05) is 13.2 Å². The first-order valence-corrected chi connectivity index (χ1v) is 11.5. The van der Waals surface area contributed by atoms with E-state index in [0.717, 1.165) is 0 Å². The molecule has 35 heavy (non-hydrogen) atoms. The van der Waals surface area contributed by atoms with Crippen LogP contribution in [0, 0.1) is 6.92 Å². The lowest BCUT2D eigenvalue weighted by Crippen LogP contribution is -2.20. The Labute approximate surface area is 197 Å². The van der Waals surface area contributed by atoms with Gasteiger partial charge in [0.25, 0.3) is 5.91 Å². The molecule has 0 fully saturated rings. The number of carbonyl (C=O) groups is 1. The lowest BCUT2D eigenvalue weighted by Gasteiger charge is -2.18. The van der Waals surface area contributed by atoms with Gasteiger partial charge in [0.2, 0.25) is 5.95 Å². The zero-order chi connectivity index (χ0) is 26.0. The van der Waals surface area contributed by atoms with Crippen molar-refractivity contribution in [3.8, 4) is 5.75 Å². The van der Waals surface area contributed by atoms with Gasteiger partial charge in [-0.1, -0.05) is 12.1 Å². The molecule has 0 saturated heterocycles. The Hall–Kier alpha value is -3.67. The maximum Gasteiger partial charge on any atom is 0.421 e. The summed E-state index contributed by atoms with van der Waals surface area (Å²) in [5.41, 5.74) is -0.691. The number of carbonyl (C=O) groups excluding carboxylic acids is 1. The molecule has 0 saturated carbocycles. The number of aryl methyl sites for hydroxylation is 1. The SMILES string of the molecule is CNC(=O)c1ccccc1Nc1nc(Nc2cc(C)cc(OC)c2P(=O)(O)O)ncc1C(F)(F)F. The Bertz CT molecular complexity index is 1310. The Morgan fingerprint density at radius 1 is 1.11 bits per heavy atom. The predicted molar refractivity (Wildman–Crippen MR) is 123 cm³/mol. The molecule has 5 N–H and O–H groups in total. The third-order valence-corrected chi connectivity index (χ3v) is 5.77. The van der Waals surface area contributed by atoms with Crippen molar-refractivity contribution >= 4 is 41.9 Å². The van der Waals surface area contributed by atoms with Crippen LogP contribution in [0.15, 0.2) is 42.6 Å². The number of para-hydroxylation sites is 1. The second-order valence-electron chi connectivity index (χ2n) is 7.24. The van der Waals surface area contributed by atoms with Gasteiger partial charge >= 0.3 is 13.8 Å². The fourth-order valence-electron chi connectivity index (χ4n) is 3.21. The topological polar surface area (TPSA) is 146 Å². The van der Waals surface area contributed by atoms with Gasteiger partial charge in [0.1, 0.15) is 22.4 Å². The van der Waals surface area contributed by atoms with Crippen LogP contribution >= 0.6 is 7.60 Å². The number of amides is 1. The summed E-state index contributed by atoms with van der Waals surface area (Å²) in [6.07, 6.45) is -4.32. The van der Waals surface area contributed by atoms with Crippen LogP contribution in [-0.2, 0) is 10.7 Å². The number of methoxy groups -OCH3 is 1. The molecule has 1 heterocycles. The van der Waals surface area contributed by atoms with Crippen molar-refractivity contribution in [2.24, 2.45) is 0 Å². The molecule has 1 amide bonds. The molecule has 2 aromatic carbocycles. The molecule has 1 aromatic heterocycles. The number of hydrogen-bond acceptors (Lipinski definition) is 7. The molecule has 3 aromatic rings. The fourth-order valence-corrected chi connectivity index (χ4v) is 4.09. The third-order valence-electron chi connectivity index (χ3n) is 4.72. The van der Waals surface area contributed by atoms with E-state index < -0.39 is 36.4 Å². The van der Waals surface area contributed by atoms with E-state index in [2.05, 4.69) is 25.9 Å². The maximum absolute atomic E-state index is 13.7. The minimum absolute atomic E-state index is 0.0510. The number of halogens is 3. The van der Waals surface area contributed by atoms with Crippen molar-refractivity contribution in [1.82, 2.24) is 15.3 Å². The Morgan fingerprint density at radius 3 is 2.40 bits per heavy atom. The molecule has 14 heteroatoms. The molecule has 0 aliphatic rings.